The normalized spacial score (nSPS) is 12.5. The molecule has 0 saturated carbocycles. The number of nitriles is 1. The van der Waals surface area contributed by atoms with Gasteiger partial charge in [-0.15, -0.1) is 0 Å². The fraction of sp³-hybridized carbons (Fsp3) is 0.312. The number of hydrogen-bond acceptors (Lipinski definition) is 4. The Bertz CT molecular complexity index is 700. The first-order valence-electron chi connectivity index (χ1n) is 6.75. The topological polar surface area (TPSA) is 61.6 Å². The quantitative estimate of drug-likeness (QED) is 0.936. The van der Waals surface area contributed by atoms with Crippen LogP contribution in [0.5, 0.6) is 0 Å². The van der Waals surface area contributed by atoms with Crippen LogP contribution in [-0.4, -0.2) is 9.97 Å². The van der Waals surface area contributed by atoms with Crippen molar-refractivity contribution in [2.45, 2.75) is 26.8 Å². The largest absolute Gasteiger partial charge is 0.361 e. The van der Waals surface area contributed by atoms with Crippen LogP contribution in [0.1, 0.15) is 38.1 Å². The van der Waals surface area contributed by atoms with Crippen LogP contribution in [0.3, 0.4) is 0 Å². The summed E-state index contributed by atoms with van der Waals surface area (Å²) >= 11 is 0. The fourth-order valence-corrected chi connectivity index (χ4v) is 2.10. The zero-order chi connectivity index (χ0) is 16.3. The standard InChI is InChI=1S/C16H16F2N4/c1-16(2,3)15(12-5-4-10(17)6-13(12)18)22-14-9-20-11(7-19)8-21-14/h4-6,8-9,15H,1-3H3,(H,21,22). The number of aromatic nitrogens is 2. The summed E-state index contributed by atoms with van der Waals surface area (Å²) in [6.45, 7) is 5.81. The van der Waals surface area contributed by atoms with E-state index in [1.807, 2.05) is 26.8 Å². The Morgan fingerprint density at radius 2 is 1.91 bits per heavy atom. The fourth-order valence-electron chi connectivity index (χ4n) is 2.10. The minimum Gasteiger partial charge on any atom is -0.361 e. The van der Waals surface area contributed by atoms with Gasteiger partial charge in [0, 0.05) is 11.6 Å². The Morgan fingerprint density at radius 1 is 1.18 bits per heavy atom. The van der Waals surface area contributed by atoms with Crippen molar-refractivity contribution in [3.05, 3.63) is 53.5 Å². The lowest BCUT2D eigenvalue weighted by molar-refractivity contribution is 0.338. The minimum absolute atomic E-state index is 0.200. The molecule has 114 valence electrons. The van der Waals surface area contributed by atoms with Gasteiger partial charge in [-0.05, 0) is 11.5 Å². The average molecular weight is 302 g/mol. The van der Waals surface area contributed by atoms with Gasteiger partial charge in [0.1, 0.15) is 23.5 Å². The predicted octanol–water partition coefficient (Wildman–Crippen LogP) is 3.83. The summed E-state index contributed by atoms with van der Waals surface area (Å²) in [7, 11) is 0. The van der Waals surface area contributed by atoms with Crippen molar-refractivity contribution >= 4 is 5.82 Å². The molecule has 0 saturated heterocycles. The number of rotatable bonds is 3. The van der Waals surface area contributed by atoms with Crippen LogP contribution in [0.2, 0.25) is 0 Å². The molecule has 1 N–H and O–H groups in total. The first-order chi connectivity index (χ1) is 10.3. The van der Waals surface area contributed by atoms with E-state index in [0.29, 0.717) is 11.4 Å². The summed E-state index contributed by atoms with van der Waals surface area (Å²) in [6.07, 6.45) is 2.75. The van der Waals surface area contributed by atoms with Crippen LogP contribution < -0.4 is 5.32 Å². The Balaban J connectivity index is 2.36. The maximum Gasteiger partial charge on any atom is 0.158 e. The summed E-state index contributed by atoms with van der Waals surface area (Å²) in [5, 5.41) is 11.8. The monoisotopic (exact) mass is 302 g/mol. The second-order valence-corrected chi connectivity index (χ2v) is 6.01. The Hall–Kier alpha value is -2.55. The average Bonchev–Trinajstić information content (AvgIpc) is 2.45. The van der Waals surface area contributed by atoms with Crippen molar-refractivity contribution < 1.29 is 8.78 Å². The molecule has 6 heteroatoms. The van der Waals surface area contributed by atoms with E-state index in [1.165, 1.54) is 24.5 Å². The number of nitrogens with zero attached hydrogens (tertiary/aromatic N) is 3. The van der Waals surface area contributed by atoms with Gasteiger partial charge in [0.05, 0.1) is 18.4 Å². The molecule has 1 heterocycles. The molecule has 4 nitrogen and oxygen atoms in total. The van der Waals surface area contributed by atoms with E-state index < -0.39 is 17.7 Å². The van der Waals surface area contributed by atoms with Crippen LogP contribution in [-0.2, 0) is 0 Å². The van der Waals surface area contributed by atoms with E-state index >= 15 is 0 Å². The zero-order valence-electron chi connectivity index (χ0n) is 12.6. The smallest absolute Gasteiger partial charge is 0.158 e. The van der Waals surface area contributed by atoms with Crippen LogP contribution >= 0.6 is 0 Å². The first kappa shape index (κ1) is 15.8. The van der Waals surface area contributed by atoms with Gasteiger partial charge in [0.25, 0.3) is 0 Å². The molecule has 0 aliphatic rings. The van der Waals surface area contributed by atoms with E-state index in [-0.39, 0.29) is 11.1 Å². The number of anilines is 1. The molecule has 0 radical (unpaired) electrons. The van der Waals surface area contributed by atoms with Gasteiger partial charge in [0.15, 0.2) is 5.69 Å². The molecule has 2 rings (SSSR count). The van der Waals surface area contributed by atoms with Gasteiger partial charge >= 0.3 is 0 Å². The number of hydrogen-bond donors (Lipinski definition) is 1. The van der Waals surface area contributed by atoms with Crippen molar-refractivity contribution in [2.24, 2.45) is 5.41 Å². The highest BCUT2D eigenvalue weighted by atomic mass is 19.1. The third-order valence-corrected chi connectivity index (χ3v) is 3.20. The molecule has 0 bridgehead atoms. The van der Waals surface area contributed by atoms with E-state index in [2.05, 4.69) is 15.3 Å². The van der Waals surface area contributed by atoms with Gasteiger partial charge in [-0.1, -0.05) is 26.8 Å². The number of nitrogens with one attached hydrogen (secondary N) is 1. The lowest BCUT2D eigenvalue weighted by Crippen LogP contribution is -2.27. The summed E-state index contributed by atoms with van der Waals surface area (Å²) in [6, 6.07) is 4.95. The third-order valence-electron chi connectivity index (χ3n) is 3.20. The van der Waals surface area contributed by atoms with Gasteiger partial charge in [-0.2, -0.15) is 5.26 Å². The van der Waals surface area contributed by atoms with Crippen LogP contribution in [0, 0.1) is 28.4 Å². The van der Waals surface area contributed by atoms with Crippen LogP contribution in [0.4, 0.5) is 14.6 Å². The first-order valence-corrected chi connectivity index (χ1v) is 6.75. The van der Waals surface area contributed by atoms with Crippen molar-refractivity contribution in [3.63, 3.8) is 0 Å². The molecule has 1 aromatic heterocycles. The molecule has 2 aromatic rings. The molecular weight excluding hydrogens is 286 g/mol. The van der Waals surface area contributed by atoms with Crippen molar-refractivity contribution in [3.8, 4) is 6.07 Å². The van der Waals surface area contributed by atoms with Crippen LogP contribution in [0.25, 0.3) is 0 Å². The minimum atomic E-state index is -0.618. The molecule has 0 aliphatic carbocycles. The molecule has 1 atom stereocenters. The molecule has 0 spiro atoms. The molecule has 22 heavy (non-hydrogen) atoms. The van der Waals surface area contributed by atoms with Gasteiger partial charge in [-0.25, -0.2) is 18.7 Å². The Labute approximate surface area is 127 Å². The zero-order valence-corrected chi connectivity index (χ0v) is 12.6. The van der Waals surface area contributed by atoms with Crippen molar-refractivity contribution in [1.29, 1.82) is 5.26 Å². The summed E-state index contributed by atoms with van der Waals surface area (Å²) in [5.74, 6) is -0.816. The van der Waals surface area contributed by atoms with E-state index in [9.17, 15) is 8.78 Å². The van der Waals surface area contributed by atoms with Crippen LogP contribution in [0.15, 0.2) is 30.6 Å². The van der Waals surface area contributed by atoms with E-state index in [1.54, 1.807) is 0 Å². The SMILES string of the molecule is CC(C)(C)C(Nc1cnc(C#N)cn1)c1ccc(F)cc1F. The Morgan fingerprint density at radius 3 is 2.41 bits per heavy atom. The maximum atomic E-state index is 14.1. The third kappa shape index (κ3) is 3.55. The lowest BCUT2D eigenvalue weighted by atomic mass is 9.82. The molecule has 1 unspecified atom stereocenters. The van der Waals surface area contributed by atoms with Crippen molar-refractivity contribution in [1.82, 2.24) is 9.97 Å². The highest BCUT2D eigenvalue weighted by Crippen LogP contribution is 2.36. The lowest BCUT2D eigenvalue weighted by Gasteiger charge is -2.32. The second-order valence-electron chi connectivity index (χ2n) is 6.01. The molecule has 1 aromatic carbocycles. The molecule has 0 aliphatic heterocycles. The summed E-state index contributed by atoms with van der Waals surface area (Å²) in [4.78, 5) is 8.01. The molecule has 0 amide bonds. The number of benzene rings is 1. The van der Waals surface area contributed by atoms with Gasteiger partial charge in [0.2, 0.25) is 0 Å². The number of halogens is 2. The highest BCUT2D eigenvalue weighted by molar-refractivity contribution is 5.39. The van der Waals surface area contributed by atoms with Gasteiger partial charge in [-0.3, -0.25) is 0 Å². The summed E-state index contributed by atoms with van der Waals surface area (Å²) in [5.41, 5.74) is 0.194. The Kier molecular flexibility index (Phi) is 4.36. The molecule has 0 fully saturated rings. The maximum absolute atomic E-state index is 14.1. The summed E-state index contributed by atoms with van der Waals surface area (Å²) < 4.78 is 27.2. The van der Waals surface area contributed by atoms with E-state index in [0.717, 1.165) is 6.07 Å². The second kappa shape index (κ2) is 6.06. The molecular formula is C16H16F2N4. The highest BCUT2D eigenvalue weighted by Gasteiger charge is 2.29. The van der Waals surface area contributed by atoms with Gasteiger partial charge < -0.3 is 5.32 Å². The predicted molar refractivity (Wildman–Crippen MR) is 78.9 cm³/mol. The van der Waals surface area contributed by atoms with Crippen molar-refractivity contribution in [2.75, 3.05) is 5.32 Å². The van der Waals surface area contributed by atoms with E-state index in [4.69, 9.17) is 5.26 Å².